The van der Waals surface area contributed by atoms with Gasteiger partial charge in [-0.15, -0.1) is 0 Å². The third kappa shape index (κ3) is 3.27. The fourth-order valence-corrected chi connectivity index (χ4v) is 3.46. The molecule has 1 aliphatic carbocycles. The minimum atomic E-state index is 0.205. The molecule has 3 heterocycles. The van der Waals surface area contributed by atoms with Gasteiger partial charge < -0.3 is 11.1 Å². The van der Waals surface area contributed by atoms with E-state index in [0.717, 1.165) is 12.2 Å². The molecule has 3 aromatic heterocycles. The summed E-state index contributed by atoms with van der Waals surface area (Å²) < 4.78 is 3.28. The smallest absolute Gasteiger partial charge is 0.268 e. The number of hydrogen-bond donors (Lipinski definition) is 2. The van der Waals surface area contributed by atoms with Crippen LogP contribution in [0.15, 0.2) is 12.3 Å². The Morgan fingerprint density at radius 3 is 2.93 bits per heavy atom. The van der Waals surface area contributed by atoms with Crippen LogP contribution < -0.4 is 11.1 Å². The van der Waals surface area contributed by atoms with Crippen LogP contribution >= 0.6 is 11.6 Å². The Bertz CT molecular complexity index is 1100. The van der Waals surface area contributed by atoms with Gasteiger partial charge in [0.15, 0.2) is 5.65 Å². The molecule has 10 heteroatoms. The molecular formula is C18H19ClN8O. The van der Waals surface area contributed by atoms with Crippen molar-refractivity contribution in [1.29, 1.82) is 0 Å². The highest BCUT2D eigenvalue weighted by Gasteiger charge is 2.26. The highest BCUT2D eigenvalue weighted by Crippen LogP contribution is 2.33. The van der Waals surface area contributed by atoms with Gasteiger partial charge >= 0.3 is 0 Å². The number of carbonyl (C=O) groups is 1. The normalized spacial score (nSPS) is 14.2. The average Bonchev–Trinajstić information content (AvgIpc) is 3.20. The van der Waals surface area contributed by atoms with Gasteiger partial charge in [0.05, 0.1) is 18.0 Å². The van der Waals surface area contributed by atoms with Crippen molar-refractivity contribution in [2.75, 3.05) is 17.6 Å². The molecule has 0 aromatic carbocycles. The number of aromatic nitrogens is 5. The molecule has 0 amide bonds. The predicted molar refractivity (Wildman–Crippen MR) is 106 cm³/mol. The van der Waals surface area contributed by atoms with Crippen LogP contribution in [-0.4, -0.2) is 36.7 Å². The Balaban J connectivity index is 1.44. The average molecular weight is 399 g/mol. The number of carbonyl (C=O) groups excluding carboxylic acids is 1. The van der Waals surface area contributed by atoms with E-state index in [9.17, 15) is 4.79 Å². The second-order valence-corrected chi connectivity index (χ2v) is 7.34. The maximum atomic E-state index is 11.1. The molecule has 3 aromatic rings. The van der Waals surface area contributed by atoms with Gasteiger partial charge in [0, 0.05) is 38.5 Å². The monoisotopic (exact) mass is 398 g/mol. The first-order valence-electron chi connectivity index (χ1n) is 8.96. The van der Waals surface area contributed by atoms with Gasteiger partial charge in [-0.05, 0) is 18.9 Å². The molecular weight excluding hydrogens is 380 g/mol. The maximum absolute atomic E-state index is 11.1. The van der Waals surface area contributed by atoms with Crippen LogP contribution in [0.2, 0.25) is 5.02 Å². The van der Waals surface area contributed by atoms with E-state index < -0.39 is 0 Å². The number of halogens is 1. The molecule has 0 unspecified atom stereocenters. The zero-order chi connectivity index (χ0) is 19.8. The lowest BCUT2D eigenvalue weighted by Crippen LogP contribution is -2.27. The lowest BCUT2D eigenvalue weighted by atomic mass is 9.84. The van der Waals surface area contributed by atoms with Gasteiger partial charge in [0.1, 0.15) is 22.4 Å². The van der Waals surface area contributed by atoms with Gasteiger partial charge in [0.2, 0.25) is 0 Å². The van der Waals surface area contributed by atoms with E-state index in [0.29, 0.717) is 59.7 Å². The van der Waals surface area contributed by atoms with Gasteiger partial charge in [-0.2, -0.15) is 10.2 Å². The third-order valence-electron chi connectivity index (χ3n) is 4.84. The number of ketones is 1. The summed E-state index contributed by atoms with van der Waals surface area (Å²) in [4.78, 5) is 19.0. The molecule has 0 saturated heterocycles. The molecule has 4 rings (SSSR count). The van der Waals surface area contributed by atoms with E-state index in [1.165, 1.54) is 4.52 Å². The van der Waals surface area contributed by atoms with E-state index in [-0.39, 0.29) is 11.5 Å². The highest BCUT2D eigenvalue weighted by molar-refractivity contribution is 6.34. The van der Waals surface area contributed by atoms with E-state index in [4.69, 9.17) is 23.9 Å². The van der Waals surface area contributed by atoms with Crippen molar-refractivity contribution < 1.29 is 4.79 Å². The van der Waals surface area contributed by atoms with Crippen LogP contribution in [0.1, 0.15) is 24.2 Å². The molecule has 28 heavy (non-hydrogen) atoms. The Kier molecular flexibility index (Phi) is 4.65. The Morgan fingerprint density at radius 1 is 1.43 bits per heavy atom. The van der Waals surface area contributed by atoms with E-state index in [2.05, 4.69) is 25.3 Å². The molecule has 9 nitrogen and oxygen atoms in total. The van der Waals surface area contributed by atoms with Crippen LogP contribution in [0.3, 0.4) is 0 Å². The summed E-state index contributed by atoms with van der Waals surface area (Å²) in [6.07, 6.45) is 3.90. The third-order valence-corrected chi connectivity index (χ3v) is 5.28. The number of nitrogen functional groups attached to an aromatic ring is 1. The number of rotatable bonds is 6. The second kappa shape index (κ2) is 7.13. The van der Waals surface area contributed by atoms with Crippen LogP contribution in [0.5, 0.6) is 0 Å². The Labute approximate surface area is 166 Å². The molecule has 3 N–H and O–H groups in total. The molecule has 1 aliphatic rings. The summed E-state index contributed by atoms with van der Waals surface area (Å²) in [6, 6.07) is 1.96. The topological polar surface area (TPSA) is 107 Å². The van der Waals surface area contributed by atoms with E-state index in [1.54, 1.807) is 6.92 Å². The summed E-state index contributed by atoms with van der Waals surface area (Å²) in [5.41, 5.74) is 8.25. The standard InChI is InChI=1S/C18H19ClN8O/c1-10-14(19)18-23-17(15(21-2)16(20)27(18)24-10)22-5-3-12-4-6-26(25-12)9-11-7-13(28)8-11/h4,6,11H,3,5,7-9,20H2,1H3,(H,22,23). The molecule has 0 bridgehead atoms. The molecule has 0 atom stereocenters. The van der Waals surface area contributed by atoms with Gasteiger partial charge in [0.25, 0.3) is 5.69 Å². The number of anilines is 2. The van der Waals surface area contributed by atoms with Gasteiger partial charge in [-0.1, -0.05) is 11.6 Å². The zero-order valence-corrected chi connectivity index (χ0v) is 16.1. The van der Waals surface area contributed by atoms with Crippen LogP contribution in [0.4, 0.5) is 17.3 Å². The first kappa shape index (κ1) is 18.3. The molecule has 0 aliphatic heterocycles. The highest BCUT2D eigenvalue weighted by atomic mass is 35.5. The van der Waals surface area contributed by atoms with E-state index in [1.807, 2.05) is 16.9 Å². The fraction of sp³-hybridized carbons (Fsp3) is 0.389. The fourth-order valence-electron chi connectivity index (χ4n) is 3.30. The van der Waals surface area contributed by atoms with Crippen LogP contribution in [-0.2, 0) is 17.8 Å². The minimum absolute atomic E-state index is 0.205. The summed E-state index contributed by atoms with van der Waals surface area (Å²) >= 11 is 6.24. The second-order valence-electron chi connectivity index (χ2n) is 6.96. The first-order valence-corrected chi connectivity index (χ1v) is 9.33. The molecule has 1 fully saturated rings. The van der Waals surface area contributed by atoms with Crippen molar-refractivity contribution in [3.63, 3.8) is 0 Å². The molecule has 0 radical (unpaired) electrons. The lowest BCUT2D eigenvalue weighted by molar-refractivity contribution is -0.127. The van der Waals surface area contributed by atoms with Gasteiger partial charge in [-0.25, -0.2) is 14.3 Å². The van der Waals surface area contributed by atoms with Crippen LogP contribution in [0, 0.1) is 19.4 Å². The van der Waals surface area contributed by atoms with Gasteiger partial charge in [-0.3, -0.25) is 9.48 Å². The number of nitrogens with two attached hydrogens (primary N) is 1. The van der Waals surface area contributed by atoms with E-state index >= 15 is 0 Å². The van der Waals surface area contributed by atoms with Crippen molar-refractivity contribution in [2.45, 2.75) is 32.7 Å². The summed E-state index contributed by atoms with van der Waals surface area (Å²) in [5.74, 6) is 1.32. The number of fused-ring (bicyclic) bond motifs is 1. The van der Waals surface area contributed by atoms with Crippen molar-refractivity contribution >= 4 is 40.4 Å². The molecule has 144 valence electrons. The number of Topliss-reactive ketones (excluding diaryl/α,β-unsaturated/α-hetero) is 1. The number of hydrogen-bond acceptors (Lipinski definition) is 6. The quantitative estimate of drug-likeness (QED) is 0.618. The predicted octanol–water partition coefficient (Wildman–Crippen LogP) is 2.65. The van der Waals surface area contributed by atoms with Crippen molar-refractivity contribution in [2.24, 2.45) is 5.92 Å². The Hall–Kier alpha value is -3.12. The molecule has 0 spiro atoms. The summed E-state index contributed by atoms with van der Waals surface area (Å²) in [5, 5.41) is 12.3. The molecule has 1 saturated carbocycles. The van der Waals surface area contributed by atoms with Crippen molar-refractivity contribution in [3.8, 4) is 0 Å². The largest absolute Gasteiger partial charge is 0.392 e. The first-order chi connectivity index (χ1) is 13.5. The van der Waals surface area contributed by atoms with Crippen molar-refractivity contribution in [1.82, 2.24) is 24.4 Å². The summed E-state index contributed by atoms with van der Waals surface area (Å²) in [6.45, 7) is 10.5. The van der Waals surface area contributed by atoms with Crippen LogP contribution in [0.25, 0.3) is 10.5 Å². The summed E-state index contributed by atoms with van der Waals surface area (Å²) in [7, 11) is 0. The van der Waals surface area contributed by atoms with Crippen molar-refractivity contribution in [3.05, 3.63) is 40.1 Å². The number of aryl methyl sites for hydroxylation is 1. The number of nitrogens with one attached hydrogen (secondary N) is 1. The maximum Gasteiger partial charge on any atom is 0.268 e. The minimum Gasteiger partial charge on any atom is -0.392 e. The SMILES string of the molecule is [C-]#[N+]c1c(NCCc2ccn(CC3CC(=O)C3)n2)nc2c(Cl)c(C)nn2c1N. The zero-order valence-electron chi connectivity index (χ0n) is 15.3. The number of nitrogens with zero attached hydrogens (tertiary/aromatic N) is 6. The Morgan fingerprint density at radius 2 is 2.21 bits per heavy atom. The lowest BCUT2D eigenvalue weighted by Gasteiger charge is -2.23.